The Balaban J connectivity index is 2.01. The fraction of sp³-hybridized carbons (Fsp3) is 0.556. The molecule has 1 fully saturated rings. The van der Waals surface area contributed by atoms with Crippen LogP contribution in [0.3, 0.4) is 0 Å². The quantitative estimate of drug-likeness (QED) is 0.841. The maximum absolute atomic E-state index is 12.1. The lowest BCUT2D eigenvalue weighted by molar-refractivity contribution is -0.00153. The number of amides is 1. The van der Waals surface area contributed by atoms with Crippen LogP contribution in [0.4, 0.5) is 4.79 Å². The van der Waals surface area contributed by atoms with E-state index in [-0.39, 0.29) is 18.4 Å². The van der Waals surface area contributed by atoms with E-state index < -0.39 is 17.8 Å². The topological polar surface area (TPSA) is 76.1 Å². The van der Waals surface area contributed by atoms with Crippen LogP contribution < -0.4 is 0 Å². The predicted octanol–water partition coefficient (Wildman–Crippen LogP) is 2.56. The van der Waals surface area contributed by atoms with Crippen LogP contribution in [0.15, 0.2) is 24.3 Å². The molecule has 6 nitrogen and oxygen atoms in total. The minimum Gasteiger partial charge on any atom is -0.465 e. The van der Waals surface area contributed by atoms with Crippen molar-refractivity contribution < 1.29 is 24.2 Å². The van der Waals surface area contributed by atoms with Gasteiger partial charge in [0, 0.05) is 12.5 Å². The molecule has 1 N–H and O–H groups in total. The first-order valence-electron chi connectivity index (χ1n) is 8.05. The second kappa shape index (κ2) is 7.21. The molecular weight excluding hydrogens is 310 g/mol. The highest BCUT2D eigenvalue weighted by Crippen LogP contribution is 2.29. The van der Waals surface area contributed by atoms with E-state index in [0.29, 0.717) is 18.5 Å². The van der Waals surface area contributed by atoms with E-state index in [9.17, 15) is 14.7 Å². The first-order chi connectivity index (χ1) is 11.2. The zero-order valence-electron chi connectivity index (χ0n) is 14.6. The van der Waals surface area contributed by atoms with Gasteiger partial charge in [0.2, 0.25) is 0 Å². The molecular formula is C18H25NO5. The third kappa shape index (κ3) is 4.47. The lowest BCUT2D eigenvalue weighted by Gasteiger charge is -2.36. The van der Waals surface area contributed by atoms with Gasteiger partial charge in [-0.3, -0.25) is 0 Å². The molecule has 0 saturated carbocycles. The van der Waals surface area contributed by atoms with Crippen molar-refractivity contribution in [2.24, 2.45) is 0 Å². The summed E-state index contributed by atoms with van der Waals surface area (Å²) >= 11 is 0. The molecule has 1 saturated heterocycles. The number of esters is 1. The van der Waals surface area contributed by atoms with E-state index in [1.54, 1.807) is 12.1 Å². The van der Waals surface area contributed by atoms with Crippen LogP contribution >= 0.6 is 0 Å². The van der Waals surface area contributed by atoms with Crippen molar-refractivity contribution in [2.75, 3.05) is 20.2 Å². The van der Waals surface area contributed by atoms with E-state index in [1.165, 1.54) is 12.0 Å². The number of methoxy groups -OCH3 is 1. The third-order valence-electron chi connectivity index (χ3n) is 3.99. The number of carbonyl (C=O) groups excluding carboxylic acids is 2. The van der Waals surface area contributed by atoms with Crippen molar-refractivity contribution in [2.45, 2.75) is 44.8 Å². The molecule has 6 heteroatoms. The van der Waals surface area contributed by atoms with Crippen molar-refractivity contribution in [3.05, 3.63) is 35.4 Å². The Morgan fingerprint density at radius 3 is 2.33 bits per heavy atom. The van der Waals surface area contributed by atoms with Gasteiger partial charge in [-0.25, -0.2) is 9.59 Å². The molecule has 0 spiro atoms. The molecule has 1 aromatic carbocycles. The number of aliphatic hydroxyl groups is 1. The summed E-state index contributed by atoms with van der Waals surface area (Å²) < 4.78 is 10.0. The Bertz CT molecular complexity index is 590. The molecule has 132 valence electrons. The summed E-state index contributed by atoms with van der Waals surface area (Å²) in [7, 11) is 1.34. The highest BCUT2D eigenvalue weighted by molar-refractivity contribution is 5.89. The van der Waals surface area contributed by atoms with Crippen LogP contribution in [0.25, 0.3) is 0 Å². The second-order valence-corrected chi connectivity index (χ2v) is 7.00. The van der Waals surface area contributed by atoms with E-state index in [1.807, 2.05) is 32.9 Å². The van der Waals surface area contributed by atoms with Gasteiger partial charge >= 0.3 is 12.1 Å². The zero-order chi connectivity index (χ0) is 17.9. The summed E-state index contributed by atoms with van der Waals surface area (Å²) in [5.74, 6) is -0.461. The number of carbonyl (C=O) groups is 2. The van der Waals surface area contributed by atoms with Crippen molar-refractivity contribution in [1.82, 2.24) is 4.90 Å². The monoisotopic (exact) mass is 335 g/mol. The van der Waals surface area contributed by atoms with Crippen molar-refractivity contribution in [3.8, 4) is 0 Å². The van der Waals surface area contributed by atoms with Gasteiger partial charge in [0.15, 0.2) is 0 Å². The van der Waals surface area contributed by atoms with Crippen LogP contribution in [0.5, 0.6) is 0 Å². The molecule has 1 aliphatic heterocycles. The van der Waals surface area contributed by atoms with Crippen molar-refractivity contribution in [1.29, 1.82) is 0 Å². The molecule has 0 aliphatic carbocycles. The molecule has 2 atom stereocenters. The summed E-state index contributed by atoms with van der Waals surface area (Å²) in [4.78, 5) is 25.1. The first kappa shape index (κ1) is 18.3. The normalized spacial score (nSPS) is 21.3. The molecule has 0 radical (unpaired) electrons. The van der Waals surface area contributed by atoms with Crippen molar-refractivity contribution in [3.63, 3.8) is 0 Å². The molecule has 0 bridgehead atoms. The maximum Gasteiger partial charge on any atom is 0.410 e. The molecule has 0 aromatic heterocycles. The van der Waals surface area contributed by atoms with Crippen LogP contribution in [0.1, 0.15) is 49.0 Å². The third-order valence-corrected chi connectivity index (χ3v) is 3.99. The Kier molecular flexibility index (Phi) is 5.49. The van der Waals surface area contributed by atoms with E-state index in [0.717, 1.165) is 5.56 Å². The van der Waals surface area contributed by atoms with Gasteiger partial charge in [0.1, 0.15) is 5.60 Å². The SMILES string of the molecule is COC(=O)c1ccc([C@H]2CCN(C(=O)OC(C)(C)C)C[C@@H]2O)cc1. The van der Waals surface area contributed by atoms with E-state index in [4.69, 9.17) is 4.74 Å². The number of benzene rings is 1. The molecule has 1 amide bonds. The molecule has 1 aromatic rings. The summed E-state index contributed by atoms with van der Waals surface area (Å²) in [5, 5.41) is 10.4. The minimum absolute atomic E-state index is 0.0737. The number of rotatable bonds is 2. The number of aliphatic hydroxyl groups excluding tert-OH is 1. The lowest BCUT2D eigenvalue weighted by Crippen LogP contribution is -2.47. The maximum atomic E-state index is 12.1. The minimum atomic E-state index is -0.671. The number of ether oxygens (including phenoxy) is 2. The van der Waals surface area contributed by atoms with Crippen LogP contribution in [-0.2, 0) is 9.47 Å². The number of β-amino-alcohol motifs (C(OH)–C–C–N with tert-alkyl or cyclic N) is 1. The fourth-order valence-electron chi connectivity index (χ4n) is 2.80. The van der Waals surface area contributed by atoms with Gasteiger partial charge in [0.25, 0.3) is 0 Å². The molecule has 1 aliphatic rings. The van der Waals surface area contributed by atoms with E-state index >= 15 is 0 Å². The van der Waals surface area contributed by atoms with Gasteiger partial charge in [-0.1, -0.05) is 12.1 Å². The average Bonchev–Trinajstić information content (AvgIpc) is 2.52. The number of hydrogen-bond acceptors (Lipinski definition) is 5. The largest absolute Gasteiger partial charge is 0.465 e. The Morgan fingerprint density at radius 2 is 1.83 bits per heavy atom. The van der Waals surface area contributed by atoms with Crippen molar-refractivity contribution >= 4 is 12.1 Å². The van der Waals surface area contributed by atoms with Crippen LogP contribution in [-0.4, -0.2) is 54.0 Å². The zero-order valence-corrected chi connectivity index (χ0v) is 14.6. The Morgan fingerprint density at radius 1 is 1.21 bits per heavy atom. The van der Waals surface area contributed by atoms with Gasteiger partial charge in [-0.05, 0) is 44.9 Å². The van der Waals surface area contributed by atoms with Crippen LogP contribution in [0, 0.1) is 0 Å². The summed E-state index contributed by atoms with van der Waals surface area (Å²) in [6.07, 6.45) is -0.436. The number of piperidine rings is 1. The highest BCUT2D eigenvalue weighted by Gasteiger charge is 2.33. The predicted molar refractivity (Wildman–Crippen MR) is 89.0 cm³/mol. The summed E-state index contributed by atoms with van der Waals surface area (Å²) in [6, 6.07) is 7.02. The van der Waals surface area contributed by atoms with Gasteiger partial charge in [-0.15, -0.1) is 0 Å². The number of likely N-dealkylation sites (tertiary alicyclic amines) is 1. The smallest absolute Gasteiger partial charge is 0.410 e. The standard InChI is InChI=1S/C18H25NO5/c1-18(2,3)24-17(22)19-10-9-14(15(20)11-19)12-5-7-13(8-6-12)16(21)23-4/h5-8,14-15,20H,9-11H2,1-4H3/t14-,15+/m1/s1. The van der Waals surface area contributed by atoms with Gasteiger partial charge in [0.05, 0.1) is 25.3 Å². The molecule has 2 rings (SSSR count). The van der Waals surface area contributed by atoms with E-state index in [2.05, 4.69) is 4.74 Å². The second-order valence-electron chi connectivity index (χ2n) is 7.00. The van der Waals surface area contributed by atoms with Gasteiger partial charge < -0.3 is 19.5 Å². The Labute approximate surface area is 142 Å². The molecule has 0 unspecified atom stereocenters. The fourth-order valence-corrected chi connectivity index (χ4v) is 2.80. The molecule has 1 heterocycles. The average molecular weight is 335 g/mol. The summed E-state index contributed by atoms with van der Waals surface area (Å²) in [5.41, 5.74) is 0.865. The number of hydrogen-bond donors (Lipinski definition) is 1. The highest BCUT2D eigenvalue weighted by atomic mass is 16.6. The van der Waals surface area contributed by atoms with Gasteiger partial charge in [-0.2, -0.15) is 0 Å². The summed E-state index contributed by atoms with van der Waals surface area (Å²) in [6.45, 7) is 6.21. The lowest BCUT2D eigenvalue weighted by atomic mass is 9.87. The first-order valence-corrected chi connectivity index (χ1v) is 8.05. The molecule has 24 heavy (non-hydrogen) atoms. The number of nitrogens with zero attached hydrogens (tertiary/aromatic N) is 1. The Hall–Kier alpha value is -2.08. The van der Waals surface area contributed by atoms with Crippen LogP contribution in [0.2, 0.25) is 0 Å².